The maximum Gasteiger partial charge on any atom is 0.199 e. The van der Waals surface area contributed by atoms with Crippen molar-refractivity contribution in [2.24, 2.45) is 0 Å². The number of hydrogen-bond donors (Lipinski definition) is 0. The summed E-state index contributed by atoms with van der Waals surface area (Å²) < 4.78 is 0.908. The van der Waals surface area contributed by atoms with E-state index in [0.717, 1.165) is 22.1 Å². The Kier molecular flexibility index (Phi) is 4.22. The Morgan fingerprint density at radius 1 is 1.18 bits per heavy atom. The fourth-order valence-electron chi connectivity index (χ4n) is 1.38. The van der Waals surface area contributed by atoms with Crippen molar-refractivity contribution in [3.05, 3.63) is 32.9 Å². The molecule has 0 aliphatic rings. The van der Waals surface area contributed by atoms with Gasteiger partial charge in [-0.2, -0.15) is 0 Å². The van der Waals surface area contributed by atoms with Gasteiger partial charge < -0.3 is 0 Å². The Bertz CT molecular complexity index is 518. The van der Waals surface area contributed by atoms with Crippen LogP contribution in [0.4, 0.5) is 0 Å². The fraction of sp³-hybridized carbons (Fsp3) is 0.273. The molecule has 0 saturated carbocycles. The van der Waals surface area contributed by atoms with Gasteiger partial charge in [0.15, 0.2) is 11.6 Å². The lowest BCUT2D eigenvalue weighted by Crippen LogP contribution is -2.02. The first-order valence-corrected chi connectivity index (χ1v) is 6.67. The molecule has 0 aliphatic carbocycles. The highest BCUT2D eigenvalue weighted by Gasteiger charge is 2.12. The van der Waals surface area contributed by atoms with Crippen molar-refractivity contribution in [1.82, 2.24) is 19.9 Å². The molecule has 0 aliphatic heterocycles. The Morgan fingerprint density at radius 2 is 1.88 bits per heavy atom. The van der Waals surface area contributed by atoms with E-state index in [0.29, 0.717) is 16.8 Å². The minimum Gasteiger partial charge on any atom is -0.234 e. The third-order valence-corrected chi connectivity index (χ3v) is 3.86. The molecular weight excluding hydrogens is 351 g/mol. The number of nitrogens with zero attached hydrogens (tertiary/aromatic N) is 4. The highest BCUT2D eigenvalue weighted by atomic mass is 127. The Labute approximate surface area is 118 Å². The van der Waals surface area contributed by atoms with E-state index >= 15 is 0 Å². The van der Waals surface area contributed by atoms with Gasteiger partial charge in [-0.15, -0.1) is 0 Å². The number of rotatable bonds is 3. The zero-order chi connectivity index (χ0) is 12.3. The van der Waals surface area contributed by atoms with Crippen LogP contribution in [0.5, 0.6) is 0 Å². The molecule has 0 bridgehead atoms. The molecule has 6 heteroatoms. The molecule has 2 aromatic rings. The molecule has 0 fully saturated rings. The van der Waals surface area contributed by atoms with Crippen molar-refractivity contribution in [2.75, 3.05) is 0 Å². The lowest BCUT2D eigenvalue weighted by Gasteiger charge is -2.06. The largest absolute Gasteiger partial charge is 0.234 e. The average molecular weight is 361 g/mol. The molecule has 0 atom stereocenters. The lowest BCUT2D eigenvalue weighted by molar-refractivity contribution is 0.863. The van der Waals surface area contributed by atoms with Gasteiger partial charge in [-0.1, -0.05) is 24.9 Å². The second-order valence-corrected chi connectivity index (χ2v) is 4.86. The van der Waals surface area contributed by atoms with Crippen LogP contribution in [0.3, 0.4) is 0 Å². The summed E-state index contributed by atoms with van der Waals surface area (Å²) in [5.74, 6) is 0.989. The summed E-state index contributed by atoms with van der Waals surface area (Å²) >= 11 is 8.26. The van der Waals surface area contributed by atoms with Gasteiger partial charge in [-0.05, 0) is 35.1 Å². The molecule has 88 valence electrons. The van der Waals surface area contributed by atoms with Crippen molar-refractivity contribution in [3.63, 3.8) is 0 Å². The van der Waals surface area contributed by atoms with Gasteiger partial charge in [-0.3, -0.25) is 0 Å². The predicted molar refractivity (Wildman–Crippen MR) is 74.8 cm³/mol. The smallest absolute Gasteiger partial charge is 0.199 e. The first-order valence-electron chi connectivity index (χ1n) is 5.21. The van der Waals surface area contributed by atoms with Crippen LogP contribution in [0.15, 0.2) is 18.5 Å². The topological polar surface area (TPSA) is 51.6 Å². The van der Waals surface area contributed by atoms with Gasteiger partial charge in [0, 0.05) is 12.4 Å². The summed E-state index contributed by atoms with van der Waals surface area (Å²) in [5, 5.41) is 0.464. The van der Waals surface area contributed by atoms with E-state index in [1.807, 2.05) is 0 Å². The highest BCUT2D eigenvalue weighted by Crippen LogP contribution is 2.22. The van der Waals surface area contributed by atoms with Crippen molar-refractivity contribution < 1.29 is 0 Å². The lowest BCUT2D eigenvalue weighted by atomic mass is 10.2. The average Bonchev–Trinajstić information content (AvgIpc) is 2.36. The van der Waals surface area contributed by atoms with E-state index in [2.05, 4.69) is 49.5 Å². The van der Waals surface area contributed by atoms with Gasteiger partial charge in [0.25, 0.3) is 0 Å². The molecule has 0 aromatic carbocycles. The molecule has 0 N–H and O–H groups in total. The molecule has 2 aromatic heterocycles. The normalized spacial score (nSPS) is 10.5. The zero-order valence-electron chi connectivity index (χ0n) is 9.19. The van der Waals surface area contributed by atoms with Crippen molar-refractivity contribution in [1.29, 1.82) is 0 Å². The van der Waals surface area contributed by atoms with Crippen molar-refractivity contribution >= 4 is 34.2 Å². The predicted octanol–water partition coefficient (Wildman–Crippen LogP) is 3.14. The molecule has 0 amide bonds. The van der Waals surface area contributed by atoms with Crippen LogP contribution in [0.1, 0.15) is 19.0 Å². The minimum absolute atomic E-state index is 0.464. The van der Waals surface area contributed by atoms with E-state index < -0.39 is 0 Å². The molecule has 2 rings (SSSR count). The van der Waals surface area contributed by atoms with Crippen molar-refractivity contribution in [2.45, 2.75) is 19.8 Å². The monoisotopic (exact) mass is 360 g/mol. The van der Waals surface area contributed by atoms with Crippen LogP contribution >= 0.6 is 34.2 Å². The molecule has 0 radical (unpaired) electrons. The van der Waals surface area contributed by atoms with E-state index in [-0.39, 0.29) is 0 Å². The Hall–Kier alpha value is -0.820. The minimum atomic E-state index is 0.464. The van der Waals surface area contributed by atoms with Crippen LogP contribution in [0.25, 0.3) is 11.6 Å². The third-order valence-electron chi connectivity index (χ3n) is 2.13. The Balaban J connectivity index is 2.49. The first kappa shape index (κ1) is 12.6. The summed E-state index contributed by atoms with van der Waals surface area (Å²) in [6, 6.07) is 1.75. The Morgan fingerprint density at radius 3 is 2.53 bits per heavy atom. The van der Waals surface area contributed by atoms with E-state index in [1.54, 1.807) is 18.5 Å². The van der Waals surface area contributed by atoms with Gasteiger partial charge in [0.2, 0.25) is 0 Å². The molecule has 2 heterocycles. The quantitative estimate of drug-likeness (QED) is 0.623. The molecule has 4 nitrogen and oxygen atoms in total. The SMILES string of the molecule is CCCc1nc(-c2ncccn2)nc(Cl)c1I. The molecule has 0 unspecified atom stereocenters. The second-order valence-electron chi connectivity index (χ2n) is 3.42. The van der Waals surface area contributed by atoms with E-state index in [1.165, 1.54) is 0 Å². The molecule has 0 spiro atoms. The number of halogens is 2. The molecule has 17 heavy (non-hydrogen) atoms. The maximum absolute atomic E-state index is 6.09. The van der Waals surface area contributed by atoms with Gasteiger partial charge in [-0.25, -0.2) is 19.9 Å². The summed E-state index contributed by atoms with van der Waals surface area (Å²) in [7, 11) is 0. The number of hydrogen-bond acceptors (Lipinski definition) is 4. The number of aryl methyl sites for hydroxylation is 1. The van der Waals surface area contributed by atoms with Crippen LogP contribution in [-0.2, 0) is 6.42 Å². The van der Waals surface area contributed by atoms with E-state index in [4.69, 9.17) is 11.6 Å². The van der Waals surface area contributed by atoms with Crippen LogP contribution in [0.2, 0.25) is 5.15 Å². The summed E-state index contributed by atoms with van der Waals surface area (Å²) in [5.41, 5.74) is 0.954. The summed E-state index contributed by atoms with van der Waals surface area (Å²) in [6.07, 6.45) is 5.22. The maximum atomic E-state index is 6.09. The number of aromatic nitrogens is 4. The molecule has 0 saturated heterocycles. The van der Waals surface area contributed by atoms with E-state index in [9.17, 15) is 0 Å². The van der Waals surface area contributed by atoms with Crippen molar-refractivity contribution in [3.8, 4) is 11.6 Å². The van der Waals surface area contributed by atoms with Crippen LogP contribution in [-0.4, -0.2) is 19.9 Å². The third kappa shape index (κ3) is 2.90. The van der Waals surface area contributed by atoms with Gasteiger partial charge >= 0.3 is 0 Å². The second kappa shape index (κ2) is 5.68. The zero-order valence-corrected chi connectivity index (χ0v) is 12.1. The fourth-order valence-corrected chi connectivity index (χ4v) is 2.08. The van der Waals surface area contributed by atoms with Crippen LogP contribution < -0.4 is 0 Å². The first-order chi connectivity index (χ1) is 8.22. The highest BCUT2D eigenvalue weighted by molar-refractivity contribution is 14.1. The standard InChI is InChI=1S/C11H10ClIN4/c1-2-4-7-8(13)9(12)17-11(16-7)10-14-5-3-6-15-10/h3,5-6H,2,4H2,1H3. The summed E-state index contributed by atoms with van der Waals surface area (Å²) in [4.78, 5) is 16.9. The van der Waals surface area contributed by atoms with Crippen LogP contribution in [0, 0.1) is 3.57 Å². The van der Waals surface area contributed by atoms with Gasteiger partial charge in [0.05, 0.1) is 9.26 Å². The van der Waals surface area contributed by atoms with Gasteiger partial charge in [0.1, 0.15) is 5.15 Å². The summed E-state index contributed by atoms with van der Waals surface area (Å²) in [6.45, 7) is 2.10. The molecular formula is C11H10ClIN4.